The maximum Gasteiger partial charge on any atom is 0.265 e. The van der Waals surface area contributed by atoms with E-state index in [2.05, 4.69) is 5.32 Å². The molecule has 1 atom stereocenters. The number of hydrogen-bond acceptors (Lipinski definition) is 3. The van der Waals surface area contributed by atoms with Gasteiger partial charge in [0, 0.05) is 11.3 Å². The Morgan fingerprint density at radius 3 is 2.26 bits per heavy atom. The normalized spacial score (nSPS) is 11.7. The van der Waals surface area contributed by atoms with Crippen LogP contribution in [0.4, 0.5) is 5.69 Å². The number of carbonyl (C=O) groups is 2. The van der Waals surface area contributed by atoms with Gasteiger partial charge in [0.25, 0.3) is 5.91 Å². The molecule has 0 aliphatic rings. The Bertz CT molecular complexity index is 720. The van der Waals surface area contributed by atoms with E-state index in [-0.39, 0.29) is 11.7 Å². The molecule has 0 bridgehead atoms. The zero-order valence-electron chi connectivity index (χ0n) is 13.8. The number of hydrogen-bond donors (Lipinski definition) is 1. The number of ether oxygens (including phenoxy) is 1. The Labute approximate surface area is 136 Å². The van der Waals surface area contributed by atoms with Gasteiger partial charge < -0.3 is 10.1 Å². The van der Waals surface area contributed by atoms with E-state index in [4.69, 9.17) is 4.74 Å². The van der Waals surface area contributed by atoms with E-state index in [1.807, 2.05) is 32.0 Å². The third-order valence-corrected chi connectivity index (χ3v) is 3.56. The Balaban J connectivity index is 2.00. The number of amides is 1. The first-order valence-corrected chi connectivity index (χ1v) is 7.52. The van der Waals surface area contributed by atoms with Crippen LogP contribution < -0.4 is 10.1 Å². The van der Waals surface area contributed by atoms with Gasteiger partial charge >= 0.3 is 0 Å². The molecule has 0 radical (unpaired) electrons. The second-order valence-electron chi connectivity index (χ2n) is 5.65. The molecule has 4 heteroatoms. The zero-order valence-corrected chi connectivity index (χ0v) is 13.8. The molecule has 4 nitrogen and oxygen atoms in total. The molecule has 1 N–H and O–H groups in total. The Morgan fingerprint density at radius 2 is 1.70 bits per heavy atom. The first kappa shape index (κ1) is 16.7. The molecule has 0 saturated carbocycles. The topological polar surface area (TPSA) is 55.4 Å². The van der Waals surface area contributed by atoms with E-state index in [1.165, 1.54) is 6.92 Å². The Hall–Kier alpha value is -2.62. The molecule has 0 aliphatic heterocycles. The molecule has 0 aromatic heterocycles. The van der Waals surface area contributed by atoms with Gasteiger partial charge in [-0.3, -0.25) is 9.59 Å². The molecule has 0 heterocycles. The van der Waals surface area contributed by atoms with Crippen LogP contribution in [0.3, 0.4) is 0 Å². The van der Waals surface area contributed by atoms with Crippen LogP contribution in [0.25, 0.3) is 0 Å². The van der Waals surface area contributed by atoms with Crippen molar-refractivity contribution in [2.45, 2.75) is 33.8 Å². The summed E-state index contributed by atoms with van der Waals surface area (Å²) < 4.78 is 5.73. The molecule has 1 amide bonds. The fourth-order valence-corrected chi connectivity index (χ4v) is 2.21. The standard InChI is InChI=1S/C19H21NO3/c1-12-5-10-18(13(2)11-12)23-15(4)19(22)20-17-8-6-16(7-9-17)14(3)21/h5-11,15H,1-4H3,(H,20,22)/t15-/m1/s1. The van der Waals surface area contributed by atoms with Gasteiger partial charge in [0.05, 0.1) is 0 Å². The molecule has 2 rings (SSSR count). The average molecular weight is 311 g/mol. The van der Waals surface area contributed by atoms with Crippen molar-refractivity contribution in [3.05, 3.63) is 59.2 Å². The van der Waals surface area contributed by atoms with Crippen LogP contribution in [0.5, 0.6) is 5.75 Å². The molecule has 0 fully saturated rings. The lowest BCUT2D eigenvalue weighted by Crippen LogP contribution is -2.30. The number of ketones is 1. The van der Waals surface area contributed by atoms with Crippen molar-refractivity contribution in [3.8, 4) is 5.75 Å². The first-order valence-electron chi connectivity index (χ1n) is 7.52. The van der Waals surface area contributed by atoms with E-state index < -0.39 is 6.10 Å². The predicted octanol–water partition coefficient (Wildman–Crippen LogP) is 3.91. The molecule has 0 aliphatic carbocycles. The van der Waals surface area contributed by atoms with Crippen molar-refractivity contribution in [1.82, 2.24) is 0 Å². The monoisotopic (exact) mass is 311 g/mol. The Kier molecular flexibility index (Phi) is 5.16. The van der Waals surface area contributed by atoms with E-state index in [0.717, 1.165) is 11.1 Å². The number of rotatable bonds is 5. The van der Waals surface area contributed by atoms with E-state index in [9.17, 15) is 9.59 Å². The third-order valence-electron chi connectivity index (χ3n) is 3.56. The first-order chi connectivity index (χ1) is 10.9. The number of Topliss-reactive ketones (excluding diaryl/α,β-unsaturated/α-hetero) is 1. The van der Waals surface area contributed by atoms with Gasteiger partial charge in [-0.2, -0.15) is 0 Å². The van der Waals surface area contributed by atoms with Crippen LogP contribution in [0.15, 0.2) is 42.5 Å². The van der Waals surface area contributed by atoms with Crippen molar-refractivity contribution in [3.63, 3.8) is 0 Å². The highest BCUT2D eigenvalue weighted by Crippen LogP contribution is 2.20. The minimum atomic E-state index is -0.621. The van der Waals surface area contributed by atoms with Gasteiger partial charge in [-0.05, 0) is 63.6 Å². The molecule has 0 saturated heterocycles. The minimum Gasteiger partial charge on any atom is -0.481 e. The van der Waals surface area contributed by atoms with Crippen LogP contribution in [-0.2, 0) is 4.79 Å². The summed E-state index contributed by atoms with van der Waals surface area (Å²) >= 11 is 0. The summed E-state index contributed by atoms with van der Waals surface area (Å²) in [5, 5.41) is 2.78. The maximum atomic E-state index is 12.2. The second kappa shape index (κ2) is 7.09. The molecular formula is C19H21NO3. The van der Waals surface area contributed by atoms with Gasteiger partial charge in [-0.15, -0.1) is 0 Å². The average Bonchev–Trinajstić information content (AvgIpc) is 2.50. The summed E-state index contributed by atoms with van der Waals surface area (Å²) in [6, 6.07) is 12.6. The summed E-state index contributed by atoms with van der Waals surface area (Å²) in [6.45, 7) is 7.18. The van der Waals surface area contributed by atoms with Crippen molar-refractivity contribution < 1.29 is 14.3 Å². The van der Waals surface area contributed by atoms with Gasteiger partial charge in [0.2, 0.25) is 0 Å². The molecule has 0 spiro atoms. The number of aryl methyl sites for hydroxylation is 2. The Morgan fingerprint density at radius 1 is 1.04 bits per heavy atom. The smallest absolute Gasteiger partial charge is 0.265 e. The molecule has 120 valence electrons. The highest BCUT2D eigenvalue weighted by Gasteiger charge is 2.16. The van der Waals surface area contributed by atoms with Crippen LogP contribution in [-0.4, -0.2) is 17.8 Å². The highest BCUT2D eigenvalue weighted by molar-refractivity contribution is 5.96. The summed E-state index contributed by atoms with van der Waals surface area (Å²) in [5.41, 5.74) is 3.40. The molecule has 2 aromatic carbocycles. The SMILES string of the molecule is CC(=O)c1ccc(NC(=O)[C@@H](C)Oc2ccc(C)cc2C)cc1. The lowest BCUT2D eigenvalue weighted by atomic mass is 10.1. The van der Waals surface area contributed by atoms with Gasteiger partial charge in [0.15, 0.2) is 11.9 Å². The van der Waals surface area contributed by atoms with Crippen molar-refractivity contribution in [2.24, 2.45) is 0 Å². The predicted molar refractivity (Wildman–Crippen MR) is 91.1 cm³/mol. The van der Waals surface area contributed by atoms with Crippen molar-refractivity contribution in [1.29, 1.82) is 0 Å². The zero-order chi connectivity index (χ0) is 17.0. The van der Waals surface area contributed by atoms with Crippen LogP contribution in [0.2, 0.25) is 0 Å². The summed E-state index contributed by atoms with van der Waals surface area (Å²) in [5.74, 6) is 0.458. The van der Waals surface area contributed by atoms with Gasteiger partial charge in [-0.25, -0.2) is 0 Å². The van der Waals surface area contributed by atoms with Gasteiger partial charge in [-0.1, -0.05) is 17.7 Å². The molecule has 0 unspecified atom stereocenters. The molecule has 23 heavy (non-hydrogen) atoms. The van der Waals surface area contributed by atoms with E-state index in [1.54, 1.807) is 31.2 Å². The number of anilines is 1. The summed E-state index contributed by atoms with van der Waals surface area (Å²) in [6.07, 6.45) is -0.621. The lowest BCUT2D eigenvalue weighted by Gasteiger charge is -2.16. The second-order valence-corrected chi connectivity index (χ2v) is 5.65. The van der Waals surface area contributed by atoms with Crippen LogP contribution >= 0.6 is 0 Å². The molecule has 2 aromatic rings. The maximum absolute atomic E-state index is 12.2. The highest BCUT2D eigenvalue weighted by atomic mass is 16.5. The van der Waals surface area contributed by atoms with E-state index >= 15 is 0 Å². The fourth-order valence-electron chi connectivity index (χ4n) is 2.21. The van der Waals surface area contributed by atoms with Gasteiger partial charge in [0.1, 0.15) is 5.75 Å². The van der Waals surface area contributed by atoms with Crippen molar-refractivity contribution >= 4 is 17.4 Å². The lowest BCUT2D eigenvalue weighted by molar-refractivity contribution is -0.122. The van der Waals surface area contributed by atoms with Crippen molar-refractivity contribution in [2.75, 3.05) is 5.32 Å². The fraction of sp³-hybridized carbons (Fsp3) is 0.263. The van der Waals surface area contributed by atoms with Crippen LogP contribution in [0.1, 0.15) is 35.3 Å². The van der Waals surface area contributed by atoms with Crippen LogP contribution in [0, 0.1) is 13.8 Å². The number of benzene rings is 2. The van der Waals surface area contributed by atoms with E-state index in [0.29, 0.717) is 17.0 Å². The largest absolute Gasteiger partial charge is 0.481 e. The quantitative estimate of drug-likeness (QED) is 0.852. The summed E-state index contributed by atoms with van der Waals surface area (Å²) in [4.78, 5) is 23.4. The number of carbonyl (C=O) groups excluding carboxylic acids is 2. The molecular weight excluding hydrogens is 290 g/mol. The minimum absolute atomic E-state index is 0.00516. The third kappa shape index (κ3) is 4.42. The summed E-state index contributed by atoms with van der Waals surface area (Å²) in [7, 11) is 0. The number of nitrogens with one attached hydrogen (secondary N) is 1.